The van der Waals surface area contributed by atoms with Gasteiger partial charge in [-0.15, -0.1) is 0 Å². The van der Waals surface area contributed by atoms with Crippen molar-refractivity contribution in [3.63, 3.8) is 0 Å². The molecule has 0 amide bonds. The van der Waals surface area contributed by atoms with Crippen molar-refractivity contribution in [1.29, 1.82) is 0 Å². The number of nitrogens with zero attached hydrogens (tertiary/aromatic N) is 2. The summed E-state index contributed by atoms with van der Waals surface area (Å²) < 4.78 is 5.10. The number of ether oxygens (including phenoxy) is 1. The Labute approximate surface area is 105 Å². The molecule has 6 heteroatoms. The number of methoxy groups -OCH3 is 1. The average molecular weight is 251 g/mol. The molecule has 1 heterocycles. The van der Waals surface area contributed by atoms with E-state index in [1.165, 1.54) is 13.4 Å². The molecule has 0 spiro atoms. The van der Waals surface area contributed by atoms with Crippen LogP contribution < -0.4 is 10.1 Å². The van der Waals surface area contributed by atoms with Crippen LogP contribution in [0.25, 0.3) is 0 Å². The number of carboxylic acids is 1. The van der Waals surface area contributed by atoms with Gasteiger partial charge in [-0.25, -0.2) is 14.8 Å². The van der Waals surface area contributed by atoms with E-state index in [0.29, 0.717) is 17.3 Å². The standard InChI is InChI=1S/C12H17N3O3/c1-7-9(13-6-14-10(7)18-3)15-12(2,11(16)17)8-4-5-8/h6,8H,4-5H2,1-3H3,(H,16,17)(H,13,14,15). The topological polar surface area (TPSA) is 84.3 Å². The number of aromatic nitrogens is 2. The lowest BCUT2D eigenvalue weighted by molar-refractivity contribution is -0.142. The summed E-state index contributed by atoms with van der Waals surface area (Å²) in [6.45, 7) is 3.50. The SMILES string of the molecule is COc1ncnc(NC(C)(C(=O)O)C2CC2)c1C. The summed E-state index contributed by atoms with van der Waals surface area (Å²) >= 11 is 0. The molecular formula is C12H17N3O3. The Morgan fingerprint density at radius 3 is 2.72 bits per heavy atom. The van der Waals surface area contributed by atoms with Crippen LogP contribution in [0.5, 0.6) is 5.88 Å². The van der Waals surface area contributed by atoms with Gasteiger partial charge in [0.25, 0.3) is 0 Å². The van der Waals surface area contributed by atoms with Crippen molar-refractivity contribution >= 4 is 11.8 Å². The first-order valence-electron chi connectivity index (χ1n) is 5.86. The van der Waals surface area contributed by atoms with Crippen LogP contribution in [0.1, 0.15) is 25.3 Å². The molecule has 1 aromatic heterocycles. The first-order valence-corrected chi connectivity index (χ1v) is 5.86. The molecule has 0 aromatic carbocycles. The second kappa shape index (κ2) is 4.44. The lowest BCUT2D eigenvalue weighted by Crippen LogP contribution is -2.46. The maximum atomic E-state index is 11.4. The fourth-order valence-corrected chi connectivity index (χ4v) is 2.00. The average Bonchev–Trinajstić information content (AvgIpc) is 3.15. The number of carbonyl (C=O) groups is 1. The summed E-state index contributed by atoms with van der Waals surface area (Å²) in [5, 5.41) is 12.4. The van der Waals surface area contributed by atoms with Gasteiger partial charge in [0.05, 0.1) is 12.7 Å². The maximum Gasteiger partial charge on any atom is 0.329 e. The quantitative estimate of drug-likeness (QED) is 0.824. The summed E-state index contributed by atoms with van der Waals surface area (Å²) in [4.78, 5) is 19.5. The predicted molar refractivity (Wildman–Crippen MR) is 65.7 cm³/mol. The lowest BCUT2D eigenvalue weighted by Gasteiger charge is -2.27. The first kappa shape index (κ1) is 12.6. The van der Waals surface area contributed by atoms with E-state index >= 15 is 0 Å². The van der Waals surface area contributed by atoms with Crippen LogP contribution in [0.4, 0.5) is 5.82 Å². The molecule has 18 heavy (non-hydrogen) atoms. The van der Waals surface area contributed by atoms with Crippen LogP contribution in [0.2, 0.25) is 0 Å². The third-order valence-corrected chi connectivity index (χ3v) is 3.45. The Hall–Kier alpha value is -1.85. The molecule has 1 unspecified atom stereocenters. The fraction of sp³-hybridized carbons (Fsp3) is 0.583. The van der Waals surface area contributed by atoms with Gasteiger partial charge in [-0.2, -0.15) is 0 Å². The monoisotopic (exact) mass is 251 g/mol. The van der Waals surface area contributed by atoms with Crippen molar-refractivity contribution in [2.75, 3.05) is 12.4 Å². The second-order valence-corrected chi connectivity index (χ2v) is 4.76. The molecule has 0 bridgehead atoms. The molecule has 1 fully saturated rings. The first-order chi connectivity index (χ1) is 8.49. The van der Waals surface area contributed by atoms with Crippen molar-refractivity contribution in [2.24, 2.45) is 5.92 Å². The highest BCUT2D eigenvalue weighted by atomic mass is 16.5. The van der Waals surface area contributed by atoms with Gasteiger partial charge >= 0.3 is 5.97 Å². The van der Waals surface area contributed by atoms with Gasteiger partial charge in [-0.05, 0) is 32.6 Å². The highest BCUT2D eigenvalue weighted by Crippen LogP contribution is 2.42. The largest absolute Gasteiger partial charge is 0.481 e. The highest BCUT2D eigenvalue weighted by Gasteiger charge is 2.48. The molecular weight excluding hydrogens is 234 g/mol. The third-order valence-electron chi connectivity index (χ3n) is 3.45. The molecule has 1 aliphatic rings. The Balaban J connectivity index is 2.30. The molecule has 0 radical (unpaired) electrons. The van der Waals surface area contributed by atoms with Crippen molar-refractivity contribution in [2.45, 2.75) is 32.2 Å². The molecule has 1 aromatic rings. The van der Waals surface area contributed by atoms with Crippen LogP contribution >= 0.6 is 0 Å². The number of anilines is 1. The maximum absolute atomic E-state index is 11.4. The van der Waals surface area contributed by atoms with Gasteiger partial charge in [0.2, 0.25) is 5.88 Å². The van der Waals surface area contributed by atoms with Gasteiger partial charge in [0, 0.05) is 0 Å². The minimum absolute atomic E-state index is 0.148. The third kappa shape index (κ3) is 2.10. The van der Waals surface area contributed by atoms with Crippen molar-refractivity contribution in [3.8, 4) is 5.88 Å². The normalized spacial score (nSPS) is 17.9. The number of aliphatic carboxylic acids is 1. The Morgan fingerprint density at radius 1 is 1.56 bits per heavy atom. The molecule has 2 N–H and O–H groups in total. The van der Waals surface area contributed by atoms with Gasteiger partial charge in [0.1, 0.15) is 17.7 Å². The number of nitrogens with one attached hydrogen (secondary N) is 1. The lowest BCUT2D eigenvalue weighted by atomic mass is 9.96. The van der Waals surface area contributed by atoms with Crippen molar-refractivity contribution in [3.05, 3.63) is 11.9 Å². The minimum atomic E-state index is -0.982. The predicted octanol–water partition coefficient (Wildman–Crippen LogP) is 1.46. The molecule has 98 valence electrons. The van der Waals surface area contributed by atoms with E-state index in [0.717, 1.165) is 12.8 Å². The highest BCUT2D eigenvalue weighted by molar-refractivity contribution is 5.83. The van der Waals surface area contributed by atoms with E-state index in [9.17, 15) is 9.90 Å². The number of hydrogen-bond acceptors (Lipinski definition) is 5. The van der Waals surface area contributed by atoms with E-state index in [-0.39, 0.29) is 5.92 Å². The Kier molecular flexibility index (Phi) is 3.11. The Morgan fingerprint density at radius 2 is 2.22 bits per heavy atom. The Bertz CT molecular complexity index is 474. The van der Waals surface area contributed by atoms with Crippen molar-refractivity contribution in [1.82, 2.24) is 9.97 Å². The van der Waals surface area contributed by atoms with Crippen LogP contribution in [-0.4, -0.2) is 33.7 Å². The number of carboxylic acid groups (broad SMARTS) is 1. The second-order valence-electron chi connectivity index (χ2n) is 4.76. The van der Waals surface area contributed by atoms with Crippen LogP contribution in [0.15, 0.2) is 6.33 Å². The van der Waals surface area contributed by atoms with E-state index in [2.05, 4.69) is 15.3 Å². The zero-order valence-electron chi connectivity index (χ0n) is 10.7. The van der Waals surface area contributed by atoms with Crippen LogP contribution in [0, 0.1) is 12.8 Å². The fourth-order valence-electron chi connectivity index (χ4n) is 2.00. The zero-order chi connectivity index (χ0) is 13.3. The van der Waals surface area contributed by atoms with Gasteiger partial charge < -0.3 is 15.2 Å². The molecule has 2 rings (SSSR count). The minimum Gasteiger partial charge on any atom is -0.481 e. The molecule has 6 nitrogen and oxygen atoms in total. The van der Waals surface area contributed by atoms with E-state index in [4.69, 9.17) is 4.74 Å². The molecule has 1 saturated carbocycles. The van der Waals surface area contributed by atoms with Crippen LogP contribution in [-0.2, 0) is 4.79 Å². The summed E-state index contributed by atoms with van der Waals surface area (Å²) in [5.74, 6) is 0.257. The zero-order valence-corrected chi connectivity index (χ0v) is 10.7. The van der Waals surface area contributed by atoms with Crippen molar-refractivity contribution < 1.29 is 14.6 Å². The van der Waals surface area contributed by atoms with E-state index in [1.54, 1.807) is 13.8 Å². The number of hydrogen-bond donors (Lipinski definition) is 2. The van der Waals surface area contributed by atoms with Gasteiger partial charge in [-0.1, -0.05) is 0 Å². The number of rotatable bonds is 5. The van der Waals surface area contributed by atoms with Crippen LogP contribution in [0.3, 0.4) is 0 Å². The molecule has 1 aliphatic carbocycles. The molecule has 0 aliphatic heterocycles. The van der Waals surface area contributed by atoms with Gasteiger partial charge in [0.15, 0.2) is 0 Å². The molecule has 0 saturated heterocycles. The summed E-state index contributed by atoms with van der Waals surface area (Å²) in [6.07, 6.45) is 3.22. The summed E-state index contributed by atoms with van der Waals surface area (Å²) in [6, 6.07) is 0. The molecule has 1 atom stereocenters. The van der Waals surface area contributed by atoms with E-state index in [1.807, 2.05) is 0 Å². The van der Waals surface area contributed by atoms with E-state index < -0.39 is 11.5 Å². The summed E-state index contributed by atoms with van der Waals surface area (Å²) in [7, 11) is 1.52. The smallest absolute Gasteiger partial charge is 0.329 e. The summed E-state index contributed by atoms with van der Waals surface area (Å²) in [5.41, 5.74) is -0.266. The van der Waals surface area contributed by atoms with Gasteiger partial charge in [-0.3, -0.25) is 0 Å².